The predicted octanol–water partition coefficient (Wildman–Crippen LogP) is 3.67. The van der Waals surface area contributed by atoms with Crippen LogP contribution >= 0.6 is 0 Å². The molecule has 0 atom stereocenters. The van der Waals surface area contributed by atoms with Crippen molar-refractivity contribution in [3.05, 3.63) is 65.5 Å². The molecule has 2 rings (SSSR count). The van der Waals surface area contributed by atoms with E-state index in [1.54, 1.807) is 31.2 Å². The highest BCUT2D eigenvalue weighted by molar-refractivity contribution is 6.09. The van der Waals surface area contributed by atoms with E-state index in [0.29, 0.717) is 23.2 Å². The number of nitrogens with one attached hydrogen (secondary N) is 1. The number of anilines is 1. The summed E-state index contributed by atoms with van der Waals surface area (Å²) < 4.78 is 12.8. The smallest absolute Gasteiger partial charge is 0.255 e. The van der Waals surface area contributed by atoms with E-state index < -0.39 is 5.82 Å². The molecule has 0 saturated carbocycles. The molecule has 0 heterocycles. The monoisotopic (exact) mass is 271 g/mol. The lowest BCUT2D eigenvalue weighted by Gasteiger charge is -2.09. The predicted molar refractivity (Wildman–Crippen MR) is 75.4 cm³/mol. The Morgan fingerprint density at radius 2 is 1.70 bits per heavy atom. The SMILES string of the molecule is CCC(=O)c1ccccc1NC(=O)c1ccc(F)cc1. The molecule has 4 heteroatoms. The molecule has 0 aliphatic carbocycles. The molecule has 0 radical (unpaired) electrons. The number of carbonyl (C=O) groups is 2. The number of Topliss-reactive ketones (excluding diaryl/α,β-unsaturated/α-hetero) is 1. The maximum atomic E-state index is 12.8. The van der Waals surface area contributed by atoms with Gasteiger partial charge in [-0.25, -0.2) is 4.39 Å². The number of amides is 1. The lowest BCUT2D eigenvalue weighted by molar-refractivity contribution is 0.0989. The van der Waals surface area contributed by atoms with Gasteiger partial charge in [0.1, 0.15) is 5.82 Å². The van der Waals surface area contributed by atoms with E-state index in [2.05, 4.69) is 5.32 Å². The van der Waals surface area contributed by atoms with Crippen LogP contribution in [0.2, 0.25) is 0 Å². The number of carbonyl (C=O) groups excluding carboxylic acids is 2. The summed E-state index contributed by atoms with van der Waals surface area (Å²) in [5.41, 5.74) is 1.28. The number of hydrogen-bond acceptors (Lipinski definition) is 2. The molecule has 2 aromatic rings. The standard InChI is InChI=1S/C16H14FNO2/c1-2-15(19)13-5-3-4-6-14(13)18-16(20)11-7-9-12(17)10-8-11/h3-10H,2H2,1H3,(H,18,20). The fourth-order valence-corrected chi connectivity index (χ4v) is 1.82. The molecule has 0 bridgehead atoms. The van der Waals surface area contributed by atoms with Gasteiger partial charge in [-0.15, -0.1) is 0 Å². The second-order valence-electron chi connectivity index (χ2n) is 4.28. The number of hydrogen-bond donors (Lipinski definition) is 1. The van der Waals surface area contributed by atoms with Gasteiger partial charge in [-0.05, 0) is 36.4 Å². The van der Waals surface area contributed by atoms with Gasteiger partial charge >= 0.3 is 0 Å². The van der Waals surface area contributed by atoms with Crippen LogP contribution in [0, 0.1) is 5.82 Å². The number of para-hydroxylation sites is 1. The van der Waals surface area contributed by atoms with Gasteiger partial charge in [0, 0.05) is 17.5 Å². The summed E-state index contributed by atoms with van der Waals surface area (Å²) in [5.74, 6) is -0.815. The molecule has 2 aromatic carbocycles. The Labute approximate surface area is 116 Å². The average Bonchev–Trinajstić information content (AvgIpc) is 2.47. The number of rotatable bonds is 4. The Kier molecular flexibility index (Phi) is 4.25. The number of benzene rings is 2. The zero-order chi connectivity index (χ0) is 14.5. The van der Waals surface area contributed by atoms with Crippen molar-refractivity contribution in [1.29, 1.82) is 0 Å². The molecular formula is C16H14FNO2. The van der Waals surface area contributed by atoms with Crippen LogP contribution in [0.15, 0.2) is 48.5 Å². The first-order valence-corrected chi connectivity index (χ1v) is 6.31. The summed E-state index contributed by atoms with van der Waals surface area (Å²) in [5, 5.41) is 2.68. The molecule has 1 amide bonds. The Morgan fingerprint density at radius 1 is 1.05 bits per heavy atom. The minimum absolute atomic E-state index is 0.0417. The van der Waals surface area contributed by atoms with E-state index in [0.717, 1.165) is 0 Å². The largest absolute Gasteiger partial charge is 0.321 e. The second kappa shape index (κ2) is 6.10. The van der Waals surface area contributed by atoms with Gasteiger partial charge < -0.3 is 5.32 Å². The molecule has 0 saturated heterocycles. The Balaban J connectivity index is 2.24. The summed E-state index contributed by atoms with van der Waals surface area (Å²) in [6.45, 7) is 1.76. The van der Waals surface area contributed by atoms with Gasteiger partial charge in [0.2, 0.25) is 0 Å². The van der Waals surface area contributed by atoms with E-state index in [-0.39, 0.29) is 11.7 Å². The highest BCUT2D eigenvalue weighted by Crippen LogP contribution is 2.18. The zero-order valence-electron chi connectivity index (χ0n) is 11.0. The van der Waals surface area contributed by atoms with Crippen molar-refractivity contribution < 1.29 is 14.0 Å². The van der Waals surface area contributed by atoms with Crippen LogP contribution in [-0.4, -0.2) is 11.7 Å². The van der Waals surface area contributed by atoms with Crippen LogP contribution in [0.4, 0.5) is 10.1 Å². The average molecular weight is 271 g/mol. The van der Waals surface area contributed by atoms with Gasteiger partial charge in [-0.1, -0.05) is 19.1 Å². The number of halogens is 1. The molecule has 102 valence electrons. The highest BCUT2D eigenvalue weighted by Gasteiger charge is 2.12. The van der Waals surface area contributed by atoms with Crippen molar-refractivity contribution in [2.45, 2.75) is 13.3 Å². The lowest BCUT2D eigenvalue weighted by atomic mass is 10.1. The van der Waals surface area contributed by atoms with Crippen molar-refractivity contribution in [1.82, 2.24) is 0 Å². The molecular weight excluding hydrogens is 257 g/mol. The van der Waals surface area contributed by atoms with Crippen LogP contribution in [0.1, 0.15) is 34.1 Å². The first-order valence-electron chi connectivity index (χ1n) is 6.31. The molecule has 1 N–H and O–H groups in total. The van der Waals surface area contributed by atoms with Crippen molar-refractivity contribution in [3.8, 4) is 0 Å². The van der Waals surface area contributed by atoms with E-state index in [1.807, 2.05) is 0 Å². The van der Waals surface area contributed by atoms with Gasteiger partial charge in [-0.2, -0.15) is 0 Å². The molecule has 0 fully saturated rings. The Bertz CT molecular complexity index is 635. The topological polar surface area (TPSA) is 46.2 Å². The summed E-state index contributed by atoms with van der Waals surface area (Å²) in [7, 11) is 0. The fourth-order valence-electron chi connectivity index (χ4n) is 1.82. The third-order valence-electron chi connectivity index (χ3n) is 2.90. The minimum atomic E-state index is -0.400. The summed E-state index contributed by atoms with van der Waals surface area (Å²) >= 11 is 0. The van der Waals surface area contributed by atoms with E-state index in [4.69, 9.17) is 0 Å². The quantitative estimate of drug-likeness (QED) is 0.862. The summed E-state index contributed by atoms with van der Waals surface area (Å²) in [6, 6.07) is 12.1. The summed E-state index contributed by atoms with van der Waals surface area (Å²) in [6.07, 6.45) is 0.365. The first-order chi connectivity index (χ1) is 9.61. The molecule has 3 nitrogen and oxygen atoms in total. The third-order valence-corrected chi connectivity index (χ3v) is 2.90. The first kappa shape index (κ1) is 13.9. The van der Waals surface area contributed by atoms with Crippen LogP contribution in [0.5, 0.6) is 0 Å². The molecule has 0 aliphatic heterocycles. The van der Waals surface area contributed by atoms with Crippen LogP contribution in [0.25, 0.3) is 0 Å². The van der Waals surface area contributed by atoms with E-state index in [9.17, 15) is 14.0 Å². The molecule has 20 heavy (non-hydrogen) atoms. The van der Waals surface area contributed by atoms with Crippen molar-refractivity contribution in [2.24, 2.45) is 0 Å². The maximum Gasteiger partial charge on any atom is 0.255 e. The lowest BCUT2D eigenvalue weighted by Crippen LogP contribution is -2.14. The van der Waals surface area contributed by atoms with Crippen molar-refractivity contribution in [2.75, 3.05) is 5.32 Å². The van der Waals surface area contributed by atoms with Crippen LogP contribution in [0.3, 0.4) is 0 Å². The zero-order valence-corrected chi connectivity index (χ0v) is 11.0. The molecule has 0 aromatic heterocycles. The maximum absolute atomic E-state index is 12.8. The van der Waals surface area contributed by atoms with Crippen molar-refractivity contribution >= 4 is 17.4 Å². The van der Waals surface area contributed by atoms with Crippen molar-refractivity contribution in [3.63, 3.8) is 0 Å². The van der Waals surface area contributed by atoms with Crippen LogP contribution < -0.4 is 5.32 Å². The molecule has 0 unspecified atom stereocenters. The second-order valence-corrected chi connectivity index (χ2v) is 4.28. The van der Waals surface area contributed by atoms with Gasteiger partial charge in [0.15, 0.2) is 5.78 Å². The molecule has 0 spiro atoms. The van der Waals surface area contributed by atoms with Crippen LogP contribution in [-0.2, 0) is 0 Å². The summed E-state index contributed by atoms with van der Waals surface area (Å²) in [4.78, 5) is 23.8. The minimum Gasteiger partial charge on any atom is -0.321 e. The van der Waals surface area contributed by atoms with E-state index >= 15 is 0 Å². The molecule has 0 aliphatic rings. The number of ketones is 1. The fraction of sp³-hybridized carbons (Fsp3) is 0.125. The van der Waals surface area contributed by atoms with Gasteiger partial charge in [-0.3, -0.25) is 9.59 Å². The Hall–Kier alpha value is -2.49. The Morgan fingerprint density at radius 3 is 2.35 bits per heavy atom. The third kappa shape index (κ3) is 3.09. The van der Waals surface area contributed by atoms with Gasteiger partial charge in [0.25, 0.3) is 5.91 Å². The van der Waals surface area contributed by atoms with Gasteiger partial charge in [0.05, 0.1) is 5.69 Å². The van der Waals surface area contributed by atoms with E-state index in [1.165, 1.54) is 24.3 Å². The highest BCUT2D eigenvalue weighted by atomic mass is 19.1. The normalized spacial score (nSPS) is 10.1.